The molecule has 2 heterocycles. The molecule has 2 saturated heterocycles. The van der Waals surface area contributed by atoms with Gasteiger partial charge in [0.25, 0.3) is 0 Å². The number of fused-ring (bicyclic) bond motifs is 2. The minimum absolute atomic E-state index is 0.245. The van der Waals surface area contributed by atoms with Gasteiger partial charge in [0.15, 0.2) is 0 Å². The minimum atomic E-state index is 0.245. The van der Waals surface area contributed by atoms with Crippen molar-refractivity contribution in [1.29, 1.82) is 0 Å². The molecule has 2 rings (SSSR count). The van der Waals surface area contributed by atoms with Crippen LogP contribution in [0.1, 0.15) is 32.6 Å². The van der Waals surface area contributed by atoms with Crippen LogP contribution in [0.3, 0.4) is 0 Å². The summed E-state index contributed by atoms with van der Waals surface area (Å²) in [6, 6.07) is 1.47. The monoisotopic (exact) mass is 225 g/mol. The highest BCUT2D eigenvalue weighted by Gasteiger charge is 2.40. The molecular formula is C12H23N3O. The summed E-state index contributed by atoms with van der Waals surface area (Å²) in [5.41, 5.74) is 6.01. The van der Waals surface area contributed by atoms with Crippen LogP contribution >= 0.6 is 0 Å². The zero-order chi connectivity index (χ0) is 11.7. The lowest BCUT2D eigenvalue weighted by Gasteiger charge is -2.37. The average Bonchev–Trinajstić information content (AvgIpc) is 2.51. The van der Waals surface area contributed by atoms with Crippen molar-refractivity contribution < 1.29 is 4.79 Å². The van der Waals surface area contributed by atoms with Gasteiger partial charge in [-0.2, -0.15) is 0 Å². The molecule has 92 valence electrons. The maximum absolute atomic E-state index is 11.9. The molecule has 2 aliphatic rings. The minimum Gasteiger partial charge on any atom is -0.345 e. The first-order valence-electron chi connectivity index (χ1n) is 6.37. The van der Waals surface area contributed by atoms with Crippen molar-refractivity contribution in [2.45, 2.75) is 50.7 Å². The lowest BCUT2D eigenvalue weighted by Crippen LogP contribution is -2.51. The van der Waals surface area contributed by atoms with Crippen LogP contribution in [0.4, 0.5) is 0 Å². The number of nitrogens with zero attached hydrogens (tertiary/aromatic N) is 2. The van der Waals surface area contributed by atoms with Crippen LogP contribution in [-0.4, -0.2) is 54.0 Å². The average molecular weight is 225 g/mol. The number of rotatable bonds is 3. The number of hydrogen-bond donors (Lipinski definition) is 1. The molecule has 2 N–H and O–H groups in total. The molecule has 0 spiro atoms. The third-order valence-corrected chi connectivity index (χ3v) is 4.14. The molecule has 2 atom stereocenters. The van der Waals surface area contributed by atoms with E-state index in [1.807, 2.05) is 14.0 Å². The molecule has 16 heavy (non-hydrogen) atoms. The Bertz CT molecular complexity index is 255. The Morgan fingerprint density at radius 2 is 1.94 bits per heavy atom. The standard InChI is InChI=1S/C12H23N3O/c1-3-14(2)12(16)8-15-10-4-5-11(15)7-9(13)6-10/h9-11H,3-8,13H2,1-2H3. The molecule has 1 amide bonds. The van der Waals surface area contributed by atoms with E-state index in [1.165, 1.54) is 12.8 Å². The van der Waals surface area contributed by atoms with E-state index in [1.54, 1.807) is 4.90 Å². The fourth-order valence-electron chi connectivity index (χ4n) is 3.03. The summed E-state index contributed by atoms with van der Waals surface area (Å²) >= 11 is 0. The van der Waals surface area contributed by atoms with Gasteiger partial charge in [-0.05, 0) is 32.6 Å². The Kier molecular flexibility index (Phi) is 3.50. The predicted octanol–water partition coefficient (Wildman–Crippen LogP) is 0.419. The smallest absolute Gasteiger partial charge is 0.236 e. The molecular weight excluding hydrogens is 202 g/mol. The SMILES string of the molecule is CCN(C)C(=O)CN1C2CCC1CC(N)C2. The Morgan fingerprint density at radius 1 is 1.38 bits per heavy atom. The number of nitrogens with two attached hydrogens (primary N) is 1. The van der Waals surface area contributed by atoms with Gasteiger partial charge in [-0.25, -0.2) is 0 Å². The van der Waals surface area contributed by atoms with Gasteiger partial charge >= 0.3 is 0 Å². The summed E-state index contributed by atoms with van der Waals surface area (Å²) in [4.78, 5) is 16.1. The highest BCUT2D eigenvalue weighted by molar-refractivity contribution is 5.78. The lowest BCUT2D eigenvalue weighted by molar-refractivity contribution is -0.132. The fourth-order valence-corrected chi connectivity index (χ4v) is 3.03. The first kappa shape index (κ1) is 11.9. The van der Waals surface area contributed by atoms with Gasteiger partial charge < -0.3 is 10.6 Å². The van der Waals surface area contributed by atoms with E-state index in [0.29, 0.717) is 24.7 Å². The van der Waals surface area contributed by atoms with Crippen molar-refractivity contribution in [2.24, 2.45) is 5.73 Å². The highest BCUT2D eigenvalue weighted by atomic mass is 16.2. The predicted molar refractivity (Wildman–Crippen MR) is 64.0 cm³/mol. The third-order valence-electron chi connectivity index (χ3n) is 4.14. The van der Waals surface area contributed by atoms with Crippen molar-refractivity contribution in [3.63, 3.8) is 0 Å². The van der Waals surface area contributed by atoms with Crippen molar-refractivity contribution in [3.8, 4) is 0 Å². The maximum Gasteiger partial charge on any atom is 0.236 e. The summed E-state index contributed by atoms with van der Waals surface area (Å²) in [5, 5.41) is 0. The zero-order valence-electron chi connectivity index (χ0n) is 10.4. The van der Waals surface area contributed by atoms with Gasteiger partial charge in [-0.1, -0.05) is 0 Å². The van der Waals surface area contributed by atoms with Crippen LogP contribution in [0.5, 0.6) is 0 Å². The number of hydrogen-bond acceptors (Lipinski definition) is 3. The molecule has 0 aliphatic carbocycles. The Labute approximate surface area is 97.8 Å². The molecule has 0 aromatic carbocycles. The normalized spacial score (nSPS) is 34.1. The lowest BCUT2D eigenvalue weighted by atomic mass is 9.98. The van der Waals surface area contributed by atoms with E-state index < -0.39 is 0 Å². The summed E-state index contributed by atoms with van der Waals surface area (Å²) < 4.78 is 0. The van der Waals surface area contributed by atoms with Gasteiger partial charge in [-0.15, -0.1) is 0 Å². The van der Waals surface area contributed by atoms with Gasteiger partial charge in [0, 0.05) is 31.7 Å². The fraction of sp³-hybridized carbons (Fsp3) is 0.917. The van der Waals surface area contributed by atoms with E-state index >= 15 is 0 Å². The second kappa shape index (κ2) is 4.72. The maximum atomic E-state index is 11.9. The largest absolute Gasteiger partial charge is 0.345 e. The molecule has 0 radical (unpaired) electrons. The number of piperidine rings is 1. The second-order valence-corrected chi connectivity index (χ2v) is 5.20. The summed E-state index contributed by atoms with van der Waals surface area (Å²) in [6.07, 6.45) is 4.59. The summed E-state index contributed by atoms with van der Waals surface area (Å²) in [5.74, 6) is 0.245. The topological polar surface area (TPSA) is 49.6 Å². The number of amides is 1. The summed E-state index contributed by atoms with van der Waals surface area (Å²) in [6.45, 7) is 3.40. The van der Waals surface area contributed by atoms with Crippen LogP contribution in [0.25, 0.3) is 0 Å². The van der Waals surface area contributed by atoms with Crippen LogP contribution in [0, 0.1) is 0 Å². The molecule has 4 heteroatoms. The number of likely N-dealkylation sites (N-methyl/N-ethyl adjacent to an activating group) is 1. The number of carbonyl (C=O) groups is 1. The first-order chi connectivity index (χ1) is 7.61. The Balaban J connectivity index is 1.94. The van der Waals surface area contributed by atoms with E-state index in [-0.39, 0.29) is 5.91 Å². The van der Waals surface area contributed by atoms with Crippen molar-refractivity contribution in [2.75, 3.05) is 20.1 Å². The van der Waals surface area contributed by atoms with Crippen molar-refractivity contribution >= 4 is 5.91 Å². The molecule has 2 unspecified atom stereocenters. The van der Waals surface area contributed by atoms with Crippen molar-refractivity contribution in [1.82, 2.24) is 9.80 Å². The molecule has 0 aromatic rings. The number of carbonyl (C=O) groups excluding carboxylic acids is 1. The van der Waals surface area contributed by atoms with Crippen LogP contribution in [-0.2, 0) is 4.79 Å². The van der Waals surface area contributed by atoms with E-state index in [0.717, 1.165) is 19.4 Å². The third kappa shape index (κ3) is 2.23. The molecule has 2 aliphatic heterocycles. The van der Waals surface area contributed by atoms with E-state index in [2.05, 4.69) is 4.90 Å². The summed E-state index contributed by atoms with van der Waals surface area (Å²) in [7, 11) is 1.87. The zero-order valence-corrected chi connectivity index (χ0v) is 10.4. The van der Waals surface area contributed by atoms with Crippen LogP contribution < -0.4 is 5.73 Å². The van der Waals surface area contributed by atoms with E-state index in [4.69, 9.17) is 5.73 Å². The van der Waals surface area contributed by atoms with Gasteiger partial charge in [-0.3, -0.25) is 9.69 Å². The van der Waals surface area contributed by atoms with Crippen molar-refractivity contribution in [3.05, 3.63) is 0 Å². The van der Waals surface area contributed by atoms with Gasteiger partial charge in [0.1, 0.15) is 0 Å². The second-order valence-electron chi connectivity index (χ2n) is 5.20. The first-order valence-corrected chi connectivity index (χ1v) is 6.37. The quantitative estimate of drug-likeness (QED) is 0.757. The van der Waals surface area contributed by atoms with Gasteiger partial charge in [0.05, 0.1) is 6.54 Å². The van der Waals surface area contributed by atoms with Crippen LogP contribution in [0.2, 0.25) is 0 Å². The van der Waals surface area contributed by atoms with Crippen LogP contribution in [0.15, 0.2) is 0 Å². The molecule has 0 saturated carbocycles. The molecule has 2 bridgehead atoms. The molecule has 4 nitrogen and oxygen atoms in total. The van der Waals surface area contributed by atoms with E-state index in [9.17, 15) is 4.79 Å². The Hall–Kier alpha value is -0.610. The molecule has 0 aromatic heterocycles. The van der Waals surface area contributed by atoms with Gasteiger partial charge in [0.2, 0.25) is 5.91 Å². The Morgan fingerprint density at radius 3 is 2.44 bits per heavy atom. The highest BCUT2D eigenvalue weighted by Crippen LogP contribution is 2.34. The molecule has 2 fully saturated rings.